The molecule has 1 aromatic carbocycles. The smallest absolute Gasteiger partial charge is 0.253 e. The largest absolute Gasteiger partial charge is 0.399 e. The Bertz CT molecular complexity index is 447. The Morgan fingerprint density at radius 3 is 2.67 bits per heavy atom. The van der Waals surface area contributed by atoms with Crippen LogP contribution in [-0.2, 0) is 0 Å². The maximum Gasteiger partial charge on any atom is 0.253 e. The summed E-state index contributed by atoms with van der Waals surface area (Å²) >= 11 is 0. The summed E-state index contributed by atoms with van der Waals surface area (Å²) in [7, 11) is 1.64. The monoisotopic (exact) mass is 247 g/mol. The highest BCUT2D eigenvalue weighted by atomic mass is 16.1. The van der Waals surface area contributed by atoms with Crippen molar-refractivity contribution in [3.63, 3.8) is 0 Å². The zero-order valence-electron chi connectivity index (χ0n) is 11.0. The number of nitrogen functional groups attached to an aromatic ring is 1. The summed E-state index contributed by atoms with van der Waals surface area (Å²) in [6, 6.07) is 5.38. The fraction of sp³-hybridized carbons (Fsp3) is 0.500. The van der Waals surface area contributed by atoms with Crippen LogP contribution in [0, 0.1) is 0 Å². The first-order valence-corrected chi connectivity index (χ1v) is 6.50. The summed E-state index contributed by atoms with van der Waals surface area (Å²) in [5.74, 6) is -0.0805. The van der Waals surface area contributed by atoms with Gasteiger partial charge >= 0.3 is 0 Å². The quantitative estimate of drug-likeness (QED) is 0.716. The van der Waals surface area contributed by atoms with E-state index in [1.807, 2.05) is 6.07 Å². The zero-order valence-corrected chi connectivity index (χ0v) is 11.0. The van der Waals surface area contributed by atoms with Gasteiger partial charge in [-0.15, -0.1) is 0 Å². The first kappa shape index (κ1) is 12.7. The fourth-order valence-corrected chi connectivity index (χ4v) is 2.45. The fourth-order valence-electron chi connectivity index (χ4n) is 2.45. The van der Waals surface area contributed by atoms with Crippen molar-refractivity contribution in [2.24, 2.45) is 0 Å². The standard InChI is InChI=1S/C14H21N3O/c1-3-14(7-4-8-14)17-12-9-10(15)5-6-11(12)13(18)16-2/h5-6,9,17H,3-4,7-8,15H2,1-2H3,(H,16,18). The summed E-state index contributed by atoms with van der Waals surface area (Å²) in [6.07, 6.45) is 4.63. The number of amides is 1. The Kier molecular flexibility index (Phi) is 3.45. The Morgan fingerprint density at radius 1 is 1.44 bits per heavy atom. The molecule has 0 atom stereocenters. The third kappa shape index (κ3) is 2.28. The van der Waals surface area contributed by atoms with E-state index in [0.717, 1.165) is 24.9 Å². The van der Waals surface area contributed by atoms with Gasteiger partial charge < -0.3 is 16.4 Å². The molecule has 1 fully saturated rings. The van der Waals surface area contributed by atoms with Gasteiger partial charge in [0.25, 0.3) is 5.91 Å². The molecule has 18 heavy (non-hydrogen) atoms. The number of hydrogen-bond donors (Lipinski definition) is 3. The molecule has 4 N–H and O–H groups in total. The molecule has 0 spiro atoms. The highest BCUT2D eigenvalue weighted by molar-refractivity contribution is 6.00. The van der Waals surface area contributed by atoms with Crippen LogP contribution < -0.4 is 16.4 Å². The summed E-state index contributed by atoms with van der Waals surface area (Å²) in [4.78, 5) is 11.8. The predicted octanol–water partition coefficient (Wildman–Crippen LogP) is 2.37. The third-order valence-electron chi connectivity index (χ3n) is 3.90. The predicted molar refractivity (Wildman–Crippen MR) is 74.7 cm³/mol. The highest BCUT2D eigenvalue weighted by Gasteiger charge is 2.35. The number of anilines is 2. The number of carbonyl (C=O) groups is 1. The van der Waals surface area contributed by atoms with Crippen molar-refractivity contribution in [2.75, 3.05) is 18.1 Å². The van der Waals surface area contributed by atoms with Crippen LogP contribution >= 0.6 is 0 Å². The minimum absolute atomic E-state index is 0.0805. The number of nitrogens with one attached hydrogen (secondary N) is 2. The first-order chi connectivity index (χ1) is 8.60. The van der Waals surface area contributed by atoms with E-state index < -0.39 is 0 Å². The van der Waals surface area contributed by atoms with Crippen molar-refractivity contribution in [1.29, 1.82) is 0 Å². The minimum Gasteiger partial charge on any atom is -0.399 e. The molecule has 0 bridgehead atoms. The summed E-state index contributed by atoms with van der Waals surface area (Å²) in [5.41, 5.74) is 8.15. The molecule has 98 valence electrons. The van der Waals surface area contributed by atoms with E-state index in [2.05, 4.69) is 17.6 Å². The number of rotatable bonds is 4. The summed E-state index contributed by atoms with van der Waals surface area (Å²) in [6.45, 7) is 2.18. The number of benzene rings is 1. The van der Waals surface area contributed by atoms with Gasteiger partial charge in [0.2, 0.25) is 0 Å². The van der Waals surface area contributed by atoms with E-state index in [9.17, 15) is 4.79 Å². The van der Waals surface area contributed by atoms with Gasteiger partial charge in [0.15, 0.2) is 0 Å². The van der Waals surface area contributed by atoms with Gasteiger partial charge in [0.1, 0.15) is 0 Å². The van der Waals surface area contributed by atoms with Crippen molar-refractivity contribution in [2.45, 2.75) is 38.1 Å². The van der Waals surface area contributed by atoms with Gasteiger partial charge in [0.05, 0.1) is 5.56 Å². The molecule has 1 saturated carbocycles. The molecule has 4 nitrogen and oxygen atoms in total. The molecule has 0 unspecified atom stereocenters. The molecular weight excluding hydrogens is 226 g/mol. The van der Waals surface area contributed by atoms with Gasteiger partial charge in [-0.1, -0.05) is 6.92 Å². The maximum atomic E-state index is 11.8. The Morgan fingerprint density at radius 2 is 2.17 bits per heavy atom. The van der Waals surface area contributed by atoms with Crippen molar-refractivity contribution < 1.29 is 4.79 Å². The second kappa shape index (κ2) is 4.88. The Balaban J connectivity index is 2.30. The van der Waals surface area contributed by atoms with Crippen LogP contribution in [0.25, 0.3) is 0 Å². The van der Waals surface area contributed by atoms with E-state index in [1.54, 1.807) is 19.2 Å². The topological polar surface area (TPSA) is 67.1 Å². The van der Waals surface area contributed by atoms with Crippen LogP contribution in [0.15, 0.2) is 18.2 Å². The van der Waals surface area contributed by atoms with E-state index >= 15 is 0 Å². The summed E-state index contributed by atoms with van der Waals surface area (Å²) < 4.78 is 0. The van der Waals surface area contributed by atoms with E-state index in [4.69, 9.17) is 5.73 Å². The lowest BCUT2D eigenvalue weighted by Crippen LogP contribution is -2.44. The van der Waals surface area contributed by atoms with Gasteiger partial charge in [-0.05, 0) is 43.9 Å². The average Bonchev–Trinajstić information content (AvgIpc) is 2.33. The molecule has 0 heterocycles. The average molecular weight is 247 g/mol. The van der Waals surface area contributed by atoms with Gasteiger partial charge in [-0.25, -0.2) is 0 Å². The Labute approximate surface area is 108 Å². The van der Waals surface area contributed by atoms with Crippen LogP contribution in [0.4, 0.5) is 11.4 Å². The van der Waals surface area contributed by atoms with Gasteiger partial charge in [-0.3, -0.25) is 4.79 Å². The van der Waals surface area contributed by atoms with Gasteiger partial charge in [-0.2, -0.15) is 0 Å². The third-order valence-corrected chi connectivity index (χ3v) is 3.90. The molecule has 0 aromatic heterocycles. The first-order valence-electron chi connectivity index (χ1n) is 6.50. The van der Waals surface area contributed by atoms with E-state index in [1.165, 1.54) is 6.42 Å². The molecule has 1 aliphatic rings. The Hall–Kier alpha value is -1.71. The SMILES string of the molecule is CCC1(Nc2cc(N)ccc2C(=O)NC)CCC1. The molecule has 4 heteroatoms. The molecular formula is C14H21N3O. The number of hydrogen-bond acceptors (Lipinski definition) is 3. The molecule has 1 amide bonds. The van der Waals surface area contributed by atoms with Crippen LogP contribution in [0.1, 0.15) is 43.0 Å². The van der Waals surface area contributed by atoms with Crippen molar-refractivity contribution >= 4 is 17.3 Å². The van der Waals surface area contributed by atoms with Crippen LogP contribution in [0.2, 0.25) is 0 Å². The highest BCUT2D eigenvalue weighted by Crippen LogP contribution is 2.39. The summed E-state index contributed by atoms with van der Waals surface area (Å²) in [5, 5.41) is 6.19. The molecule has 0 radical (unpaired) electrons. The van der Waals surface area contributed by atoms with Crippen LogP contribution in [0.3, 0.4) is 0 Å². The lowest BCUT2D eigenvalue weighted by molar-refractivity contribution is 0.0963. The lowest BCUT2D eigenvalue weighted by atomic mass is 9.74. The zero-order chi connectivity index (χ0) is 13.2. The molecule has 1 aliphatic carbocycles. The second-order valence-electron chi connectivity index (χ2n) is 5.00. The molecule has 0 saturated heterocycles. The molecule has 1 aromatic rings. The molecule has 2 rings (SSSR count). The second-order valence-corrected chi connectivity index (χ2v) is 5.00. The van der Waals surface area contributed by atoms with E-state index in [-0.39, 0.29) is 11.4 Å². The van der Waals surface area contributed by atoms with Crippen molar-refractivity contribution in [1.82, 2.24) is 5.32 Å². The van der Waals surface area contributed by atoms with Gasteiger partial charge in [0, 0.05) is 24.0 Å². The number of carbonyl (C=O) groups excluding carboxylic acids is 1. The van der Waals surface area contributed by atoms with Crippen LogP contribution in [0.5, 0.6) is 0 Å². The van der Waals surface area contributed by atoms with E-state index in [0.29, 0.717) is 11.3 Å². The normalized spacial score (nSPS) is 16.8. The lowest BCUT2D eigenvalue weighted by Gasteiger charge is -2.43. The number of nitrogens with two attached hydrogens (primary N) is 1. The minimum atomic E-state index is -0.0805. The van der Waals surface area contributed by atoms with Crippen molar-refractivity contribution in [3.05, 3.63) is 23.8 Å². The van der Waals surface area contributed by atoms with Crippen molar-refractivity contribution in [3.8, 4) is 0 Å². The van der Waals surface area contributed by atoms with Crippen LogP contribution in [-0.4, -0.2) is 18.5 Å². The maximum absolute atomic E-state index is 11.8. The molecule has 0 aliphatic heterocycles.